The zero-order chi connectivity index (χ0) is 17.8. The van der Waals surface area contributed by atoms with Gasteiger partial charge in [0.1, 0.15) is 11.5 Å². The van der Waals surface area contributed by atoms with Crippen molar-refractivity contribution in [2.75, 3.05) is 10.6 Å². The number of amides is 2. The molecule has 0 aliphatic heterocycles. The Balaban J connectivity index is 1.74. The normalized spacial score (nSPS) is 10.3. The van der Waals surface area contributed by atoms with Crippen molar-refractivity contribution in [1.82, 2.24) is 9.97 Å². The van der Waals surface area contributed by atoms with E-state index in [1.54, 1.807) is 29.6 Å². The molecule has 0 saturated carbocycles. The third-order valence-corrected chi connectivity index (χ3v) is 4.06. The summed E-state index contributed by atoms with van der Waals surface area (Å²) in [4.78, 5) is 32.3. The number of hydrogen-bond acceptors (Lipinski definition) is 6. The lowest BCUT2D eigenvalue weighted by atomic mass is 10.1. The standard InChI is InChI=1S/C17H15N5O2S/c1-10-5-4-8-14(19-10)22-17-21-13(9-25-17)16(24)20-12-7-3-2-6-11(12)15(18)23/h2-9H,1H3,(H2,18,23)(H,20,24)(H,19,21,22). The SMILES string of the molecule is Cc1cccc(Nc2nc(C(=O)Nc3ccccc3C(N)=O)cs2)n1. The van der Waals surface area contributed by atoms with Crippen LogP contribution >= 0.6 is 11.3 Å². The van der Waals surface area contributed by atoms with Gasteiger partial charge in [0.2, 0.25) is 0 Å². The number of primary amides is 1. The molecule has 2 amide bonds. The summed E-state index contributed by atoms with van der Waals surface area (Å²) in [5, 5.41) is 7.88. The van der Waals surface area contributed by atoms with Crippen molar-refractivity contribution in [3.8, 4) is 0 Å². The summed E-state index contributed by atoms with van der Waals surface area (Å²) < 4.78 is 0. The monoisotopic (exact) mass is 353 g/mol. The van der Waals surface area contributed by atoms with Crippen molar-refractivity contribution in [2.24, 2.45) is 5.73 Å². The number of pyridine rings is 1. The summed E-state index contributed by atoms with van der Waals surface area (Å²) in [6, 6.07) is 12.1. The van der Waals surface area contributed by atoms with E-state index >= 15 is 0 Å². The maximum absolute atomic E-state index is 12.3. The van der Waals surface area contributed by atoms with Gasteiger partial charge in [-0.3, -0.25) is 9.59 Å². The third-order valence-electron chi connectivity index (χ3n) is 3.30. The largest absolute Gasteiger partial charge is 0.366 e. The van der Waals surface area contributed by atoms with Crippen LogP contribution in [-0.4, -0.2) is 21.8 Å². The van der Waals surface area contributed by atoms with Gasteiger partial charge in [0.25, 0.3) is 11.8 Å². The Morgan fingerprint density at radius 2 is 1.88 bits per heavy atom. The summed E-state index contributed by atoms with van der Waals surface area (Å²) in [5.74, 6) is -0.377. The van der Waals surface area contributed by atoms with Gasteiger partial charge in [0.15, 0.2) is 5.13 Å². The zero-order valence-corrected chi connectivity index (χ0v) is 14.1. The van der Waals surface area contributed by atoms with Crippen LogP contribution in [0.4, 0.5) is 16.6 Å². The van der Waals surface area contributed by atoms with Crippen LogP contribution in [0.2, 0.25) is 0 Å². The predicted molar refractivity (Wildman–Crippen MR) is 97.3 cm³/mol. The second-order valence-electron chi connectivity index (χ2n) is 5.19. The molecule has 0 bridgehead atoms. The van der Waals surface area contributed by atoms with E-state index < -0.39 is 11.8 Å². The van der Waals surface area contributed by atoms with E-state index in [0.717, 1.165) is 5.69 Å². The molecule has 0 unspecified atom stereocenters. The maximum Gasteiger partial charge on any atom is 0.275 e. The minimum atomic E-state index is -0.609. The number of hydrogen-bond donors (Lipinski definition) is 3. The van der Waals surface area contributed by atoms with Crippen LogP contribution in [0.25, 0.3) is 0 Å². The molecule has 2 heterocycles. The molecule has 1 aromatic carbocycles. The smallest absolute Gasteiger partial charge is 0.275 e. The zero-order valence-electron chi connectivity index (χ0n) is 13.3. The number of carbonyl (C=O) groups excluding carboxylic acids is 2. The first kappa shape index (κ1) is 16.6. The Kier molecular flexibility index (Phi) is 4.71. The number of nitrogens with one attached hydrogen (secondary N) is 2. The number of thiazole rings is 1. The van der Waals surface area contributed by atoms with Gasteiger partial charge in [-0.2, -0.15) is 0 Å². The second-order valence-corrected chi connectivity index (χ2v) is 6.05. The van der Waals surface area contributed by atoms with Crippen molar-refractivity contribution < 1.29 is 9.59 Å². The Hall–Kier alpha value is -3.26. The van der Waals surface area contributed by atoms with E-state index in [4.69, 9.17) is 5.73 Å². The van der Waals surface area contributed by atoms with Gasteiger partial charge >= 0.3 is 0 Å². The summed E-state index contributed by atoms with van der Waals surface area (Å²) in [7, 11) is 0. The number of aryl methyl sites for hydroxylation is 1. The summed E-state index contributed by atoms with van der Waals surface area (Å²) in [6.45, 7) is 1.89. The van der Waals surface area contributed by atoms with Gasteiger partial charge in [-0.05, 0) is 31.2 Å². The highest BCUT2D eigenvalue weighted by molar-refractivity contribution is 7.14. The Morgan fingerprint density at radius 1 is 1.08 bits per heavy atom. The lowest BCUT2D eigenvalue weighted by Gasteiger charge is -2.07. The molecule has 3 rings (SSSR count). The quantitative estimate of drug-likeness (QED) is 0.653. The van der Waals surface area contributed by atoms with Gasteiger partial charge < -0.3 is 16.4 Å². The summed E-state index contributed by atoms with van der Waals surface area (Å²) >= 11 is 1.28. The van der Waals surface area contributed by atoms with E-state index in [-0.39, 0.29) is 11.3 Å². The first-order chi connectivity index (χ1) is 12.0. The first-order valence-electron chi connectivity index (χ1n) is 7.39. The minimum absolute atomic E-state index is 0.236. The number of nitrogens with two attached hydrogens (primary N) is 1. The molecule has 0 spiro atoms. The van der Waals surface area contributed by atoms with Crippen LogP contribution < -0.4 is 16.4 Å². The number of anilines is 3. The van der Waals surface area contributed by atoms with E-state index in [1.165, 1.54) is 11.3 Å². The number of rotatable bonds is 5. The highest BCUT2D eigenvalue weighted by atomic mass is 32.1. The topological polar surface area (TPSA) is 110 Å². The number of aromatic nitrogens is 2. The number of benzene rings is 1. The molecular weight excluding hydrogens is 338 g/mol. The first-order valence-corrected chi connectivity index (χ1v) is 8.27. The molecule has 126 valence electrons. The van der Waals surface area contributed by atoms with Crippen LogP contribution in [0.5, 0.6) is 0 Å². The van der Waals surface area contributed by atoms with Gasteiger partial charge in [-0.25, -0.2) is 9.97 Å². The molecule has 0 fully saturated rings. The van der Waals surface area contributed by atoms with E-state index in [2.05, 4.69) is 20.6 Å². The van der Waals surface area contributed by atoms with Crippen LogP contribution in [0.3, 0.4) is 0 Å². The summed E-state index contributed by atoms with van der Waals surface area (Å²) in [5.41, 5.74) is 7.02. The lowest BCUT2D eigenvalue weighted by Crippen LogP contribution is -2.18. The van der Waals surface area contributed by atoms with Crippen molar-refractivity contribution in [3.05, 3.63) is 64.8 Å². The molecular formula is C17H15N5O2S. The molecule has 0 saturated heterocycles. The fourth-order valence-electron chi connectivity index (χ4n) is 2.15. The second kappa shape index (κ2) is 7.10. The summed E-state index contributed by atoms with van der Waals surface area (Å²) in [6.07, 6.45) is 0. The van der Waals surface area contributed by atoms with Crippen molar-refractivity contribution in [3.63, 3.8) is 0 Å². The minimum Gasteiger partial charge on any atom is -0.366 e. The fourth-order valence-corrected chi connectivity index (χ4v) is 2.85. The van der Waals surface area contributed by atoms with Crippen molar-refractivity contribution in [2.45, 2.75) is 6.92 Å². The van der Waals surface area contributed by atoms with E-state index in [9.17, 15) is 9.59 Å². The lowest BCUT2D eigenvalue weighted by molar-refractivity contribution is 0.100. The van der Waals surface area contributed by atoms with Crippen LogP contribution in [-0.2, 0) is 0 Å². The van der Waals surface area contributed by atoms with E-state index in [1.807, 2.05) is 25.1 Å². The molecule has 2 aromatic heterocycles. The number of para-hydroxylation sites is 1. The van der Waals surface area contributed by atoms with Crippen LogP contribution in [0.1, 0.15) is 26.5 Å². The fraction of sp³-hybridized carbons (Fsp3) is 0.0588. The van der Waals surface area contributed by atoms with E-state index in [0.29, 0.717) is 16.6 Å². The molecule has 0 aliphatic rings. The third kappa shape index (κ3) is 3.99. The molecule has 0 atom stereocenters. The molecule has 0 radical (unpaired) electrons. The van der Waals surface area contributed by atoms with Gasteiger partial charge in [0, 0.05) is 11.1 Å². The predicted octanol–water partition coefficient (Wildman–Crippen LogP) is 2.94. The van der Waals surface area contributed by atoms with Gasteiger partial charge in [0.05, 0.1) is 11.3 Å². The molecule has 4 N–H and O–H groups in total. The highest BCUT2D eigenvalue weighted by Crippen LogP contribution is 2.21. The Morgan fingerprint density at radius 3 is 2.64 bits per heavy atom. The average Bonchev–Trinajstić information content (AvgIpc) is 3.04. The van der Waals surface area contributed by atoms with Crippen LogP contribution in [0.15, 0.2) is 47.8 Å². The average molecular weight is 353 g/mol. The molecule has 7 nitrogen and oxygen atoms in total. The molecule has 25 heavy (non-hydrogen) atoms. The van der Waals surface area contributed by atoms with Crippen molar-refractivity contribution in [1.29, 1.82) is 0 Å². The van der Waals surface area contributed by atoms with Gasteiger partial charge in [-0.15, -0.1) is 11.3 Å². The maximum atomic E-state index is 12.3. The molecule has 3 aromatic rings. The molecule has 0 aliphatic carbocycles. The Labute approximate surface area is 147 Å². The Bertz CT molecular complexity index is 938. The number of carbonyl (C=O) groups is 2. The van der Waals surface area contributed by atoms with Crippen molar-refractivity contribution >= 4 is 39.8 Å². The molecule has 8 heteroatoms. The highest BCUT2D eigenvalue weighted by Gasteiger charge is 2.14. The van der Waals surface area contributed by atoms with Crippen LogP contribution in [0, 0.1) is 6.92 Å². The van der Waals surface area contributed by atoms with Gasteiger partial charge in [-0.1, -0.05) is 18.2 Å². The number of nitrogens with zero attached hydrogens (tertiary/aromatic N) is 2.